The number of rotatable bonds is 3. The van der Waals surface area contributed by atoms with E-state index < -0.39 is 5.79 Å². The van der Waals surface area contributed by atoms with Crippen LogP contribution in [0.1, 0.15) is 23.3 Å². The molecule has 0 aliphatic carbocycles. The van der Waals surface area contributed by atoms with E-state index in [0.29, 0.717) is 50.7 Å². The van der Waals surface area contributed by atoms with Crippen LogP contribution in [0.4, 0.5) is 0 Å². The minimum atomic E-state index is -0.516. The Balaban J connectivity index is 1.45. The first kappa shape index (κ1) is 17.9. The van der Waals surface area contributed by atoms with Gasteiger partial charge in [0.2, 0.25) is 0 Å². The van der Waals surface area contributed by atoms with E-state index in [2.05, 4.69) is 20.1 Å². The molecule has 0 N–H and O–H groups in total. The molecule has 2 saturated heterocycles. The molecule has 0 aromatic carbocycles. The largest absolute Gasteiger partial charge is 0.347 e. The van der Waals surface area contributed by atoms with Crippen molar-refractivity contribution < 1.29 is 14.3 Å². The summed E-state index contributed by atoms with van der Waals surface area (Å²) in [7, 11) is 0. The fourth-order valence-corrected chi connectivity index (χ4v) is 3.79. The van der Waals surface area contributed by atoms with Crippen molar-refractivity contribution in [3.8, 4) is 17.1 Å². The highest BCUT2D eigenvalue weighted by Gasteiger charge is 2.41. The van der Waals surface area contributed by atoms with Gasteiger partial charge in [-0.15, -0.1) is 0 Å². The smallest absolute Gasteiger partial charge is 0.274 e. The lowest BCUT2D eigenvalue weighted by molar-refractivity contribution is -0.181. The van der Waals surface area contributed by atoms with E-state index in [9.17, 15) is 4.79 Å². The predicted molar refractivity (Wildman–Crippen MR) is 102 cm³/mol. The number of hydrogen-bond donors (Lipinski definition) is 0. The molecule has 0 unspecified atom stereocenters. The number of carbonyl (C=O) groups excluding carboxylic acids is 1. The fraction of sp³-hybridized carbons (Fsp3) is 0.350. The van der Waals surface area contributed by atoms with Crippen LogP contribution in [-0.2, 0) is 9.47 Å². The molecule has 0 radical (unpaired) electrons. The third kappa shape index (κ3) is 3.39. The van der Waals surface area contributed by atoms with Crippen molar-refractivity contribution >= 4 is 5.91 Å². The van der Waals surface area contributed by atoms with Crippen LogP contribution in [0.3, 0.4) is 0 Å². The maximum atomic E-state index is 13.2. The van der Waals surface area contributed by atoms with Crippen LogP contribution in [0.15, 0.2) is 49.2 Å². The van der Waals surface area contributed by atoms with E-state index in [1.54, 1.807) is 46.6 Å². The van der Waals surface area contributed by atoms with Gasteiger partial charge in [-0.05, 0) is 18.2 Å². The molecule has 9 nitrogen and oxygen atoms in total. The summed E-state index contributed by atoms with van der Waals surface area (Å²) in [6.45, 7) is 2.38. The minimum absolute atomic E-state index is 0.115. The zero-order valence-corrected chi connectivity index (χ0v) is 15.8. The Labute approximate surface area is 167 Å². The number of piperidine rings is 1. The summed E-state index contributed by atoms with van der Waals surface area (Å²) in [4.78, 5) is 27.5. The first-order chi connectivity index (χ1) is 14.2. The highest BCUT2D eigenvalue weighted by molar-refractivity contribution is 5.93. The normalized spacial score (nSPS) is 18.3. The number of ether oxygens (including phenoxy) is 2. The first-order valence-electron chi connectivity index (χ1n) is 9.58. The maximum absolute atomic E-state index is 13.2. The zero-order chi connectivity index (χ0) is 19.7. The van der Waals surface area contributed by atoms with Crippen molar-refractivity contribution in [1.29, 1.82) is 0 Å². The monoisotopic (exact) mass is 392 g/mol. The predicted octanol–water partition coefficient (Wildman–Crippen LogP) is 1.70. The van der Waals surface area contributed by atoms with E-state index in [4.69, 9.17) is 9.47 Å². The molecule has 0 bridgehead atoms. The van der Waals surface area contributed by atoms with Gasteiger partial charge < -0.3 is 14.4 Å². The van der Waals surface area contributed by atoms with Gasteiger partial charge in [0.15, 0.2) is 17.3 Å². The Kier molecular flexibility index (Phi) is 4.53. The van der Waals surface area contributed by atoms with Crippen molar-refractivity contribution in [2.75, 3.05) is 26.3 Å². The molecule has 0 atom stereocenters. The zero-order valence-electron chi connectivity index (χ0n) is 15.8. The number of nitrogens with zero attached hydrogens (tertiary/aromatic N) is 6. The first-order valence-corrected chi connectivity index (χ1v) is 9.58. The number of aromatic nitrogens is 5. The molecule has 2 aliphatic rings. The van der Waals surface area contributed by atoms with Crippen molar-refractivity contribution in [2.45, 2.75) is 18.6 Å². The maximum Gasteiger partial charge on any atom is 0.274 e. The Morgan fingerprint density at radius 2 is 1.76 bits per heavy atom. The van der Waals surface area contributed by atoms with Crippen molar-refractivity contribution in [2.24, 2.45) is 0 Å². The number of pyridine rings is 1. The highest BCUT2D eigenvalue weighted by Crippen LogP contribution is 2.32. The van der Waals surface area contributed by atoms with Gasteiger partial charge in [-0.2, -0.15) is 5.10 Å². The topological polar surface area (TPSA) is 95.3 Å². The molecular formula is C20H20N6O3. The van der Waals surface area contributed by atoms with Crippen LogP contribution in [0.25, 0.3) is 17.1 Å². The van der Waals surface area contributed by atoms with E-state index in [0.717, 1.165) is 11.3 Å². The van der Waals surface area contributed by atoms with Gasteiger partial charge in [-0.1, -0.05) is 0 Å². The summed E-state index contributed by atoms with van der Waals surface area (Å²) in [5.74, 6) is -0.0858. The SMILES string of the molecule is O=C(c1cc(-c2ccncc2)n(-c2cnccn2)n1)N1CCC2(CC1)OCCO2. The summed E-state index contributed by atoms with van der Waals surface area (Å²) in [6, 6.07) is 5.54. The molecule has 0 saturated carbocycles. The van der Waals surface area contributed by atoms with Crippen LogP contribution in [-0.4, -0.2) is 67.6 Å². The summed E-state index contributed by atoms with van der Waals surface area (Å²) < 4.78 is 13.1. The number of hydrogen-bond acceptors (Lipinski definition) is 7. The van der Waals surface area contributed by atoms with Gasteiger partial charge in [0.25, 0.3) is 5.91 Å². The lowest BCUT2D eigenvalue weighted by atomic mass is 10.0. The van der Waals surface area contributed by atoms with Crippen LogP contribution in [0.2, 0.25) is 0 Å². The molecule has 2 fully saturated rings. The Morgan fingerprint density at radius 3 is 2.45 bits per heavy atom. The number of likely N-dealkylation sites (tertiary alicyclic amines) is 1. The molecule has 3 aromatic heterocycles. The van der Waals surface area contributed by atoms with E-state index in [1.165, 1.54) is 0 Å². The lowest BCUT2D eigenvalue weighted by Gasteiger charge is -2.37. The molecule has 1 spiro atoms. The lowest BCUT2D eigenvalue weighted by Crippen LogP contribution is -2.47. The van der Waals surface area contributed by atoms with Crippen molar-refractivity contribution in [1.82, 2.24) is 29.6 Å². The Morgan fingerprint density at radius 1 is 1.00 bits per heavy atom. The molecule has 2 aliphatic heterocycles. The summed E-state index contributed by atoms with van der Waals surface area (Å²) in [5.41, 5.74) is 2.02. The highest BCUT2D eigenvalue weighted by atomic mass is 16.7. The van der Waals surface area contributed by atoms with E-state index in [1.807, 2.05) is 12.1 Å². The van der Waals surface area contributed by atoms with Gasteiger partial charge >= 0.3 is 0 Å². The third-order valence-corrected chi connectivity index (χ3v) is 5.30. The number of amides is 1. The summed E-state index contributed by atoms with van der Waals surface area (Å²) in [5, 5.41) is 4.56. The second-order valence-corrected chi connectivity index (χ2v) is 7.03. The number of carbonyl (C=O) groups is 1. The summed E-state index contributed by atoms with van der Waals surface area (Å²) in [6.07, 6.45) is 9.56. The van der Waals surface area contributed by atoms with Gasteiger partial charge in [-0.25, -0.2) is 9.67 Å². The molecule has 5 rings (SSSR count). The van der Waals surface area contributed by atoms with Crippen LogP contribution in [0.5, 0.6) is 0 Å². The molecule has 3 aromatic rings. The van der Waals surface area contributed by atoms with E-state index in [-0.39, 0.29) is 5.91 Å². The van der Waals surface area contributed by atoms with Gasteiger partial charge in [0, 0.05) is 56.3 Å². The van der Waals surface area contributed by atoms with Gasteiger partial charge in [0.1, 0.15) is 0 Å². The van der Waals surface area contributed by atoms with Crippen LogP contribution in [0, 0.1) is 0 Å². The molecular weight excluding hydrogens is 372 g/mol. The van der Waals surface area contributed by atoms with Crippen LogP contribution < -0.4 is 0 Å². The molecule has 9 heteroatoms. The molecule has 5 heterocycles. The average Bonchev–Trinajstić information content (AvgIpc) is 3.43. The molecule has 148 valence electrons. The minimum Gasteiger partial charge on any atom is -0.347 e. The van der Waals surface area contributed by atoms with Gasteiger partial charge in [-0.3, -0.25) is 14.8 Å². The quantitative estimate of drug-likeness (QED) is 0.669. The Bertz CT molecular complexity index is 935. The van der Waals surface area contributed by atoms with Crippen LogP contribution >= 0.6 is 0 Å². The standard InChI is InChI=1S/C20H20N6O3/c27-19(25-9-3-20(4-10-25)28-11-12-29-20)16-13-17(15-1-5-21-6-2-15)26(24-16)18-14-22-7-8-23-18/h1-2,5-8,13-14H,3-4,9-12H2. The van der Waals surface area contributed by atoms with Crippen molar-refractivity contribution in [3.05, 3.63) is 54.9 Å². The third-order valence-electron chi connectivity index (χ3n) is 5.30. The molecule has 29 heavy (non-hydrogen) atoms. The Hall–Kier alpha value is -3.17. The molecule has 1 amide bonds. The summed E-state index contributed by atoms with van der Waals surface area (Å²) >= 11 is 0. The average molecular weight is 392 g/mol. The second-order valence-electron chi connectivity index (χ2n) is 7.03. The fourth-order valence-electron chi connectivity index (χ4n) is 3.79. The van der Waals surface area contributed by atoms with Gasteiger partial charge in [0.05, 0.1) is 25.1 Å². The van der Waals surface area contributed by atoms with E-state index >= 15 is 0 Å². The van der Waals surface area contributed by atoms with Crippen molar-refractivity contribution in [3.63, 3.8) is 0 Å². The second kappa shape index (κ2) is 7.34.